The zero-order valence-corrected chi connectivity index (χ0v) is 14.0. The first-order valence-corrected chi connectivity index (χ1v) is 7.57. The van der Waals surface area contributed by atoms with Gasteiger partial charge in [-0.2, -0.15) is 0 Å². The molecule has 0 heterocycles. The van der Waals surface area contributed by atoms with Gasteiger partial charge in [0, 0.05) is 21.5 Å². The molecule has 0 radical (unpaired) electrons. The minimum absolute atomic E-state index is 0.0565. The van der Waals surface area contributed by atoms with Crippen molar-refractivity contribution >= 4 is 39.1 Å². The van der Waals surface area contributed by atoms with Crippen LogP contribution < -0.4 is 0 Å². The molecule has 6 heteroatoms. The van der Waals surface area contributed by atoms with Crippen LogP contribution in [0.5, 0.6) is 0 Å². The summed E-state index contributed by atoms with van der Waals surface area (Å²) in [5.41, 5.74) is -1.09. The molecule has 1 atom stereocenters. The van der Waals surface area contributed by atoms with E-state index in [0.29, 0.717) is 10.0 Å². The normalized spacial score (nSPS) is 14.0. The van der Waals surface area contributed by atoms with Gasteiger partial charge < -0.3 is 5.11 Å². The maximum Gasteiger partial charge on any atom is 0.142 e. The van der Waals surface area contributed by atoms with Crippen molar-refractivity contribution in [2.45, 2.75) is 18.9 Å². The molecule has 1 nitrogen and oxygen atoms in total. The Kier molecular flexibility index (Phi) is 4.93. The second-order valence-electron chi connectivity index (χ2n) is 4.93. The average Bonchev–Trinajstić information content (AvgIpc) is 2.37. The Morgan fingerprint density at radius 3 is 2.43 bits per heavy atom. The van der Waals surface area contributed by atoms with Gasteiger partial charge in [-0.05, 0) is 42.8 Å². The Bertz CT molecular complexity index is 690. The molecular formula is C15H11BrCl2F2O. The summed E-state index contributed by atoms with van der Waals surface area (Å²) in [6, 6.07) is 6.70. The minimum Gasteiger partial charge on any atom is -0.385 e. The largest absolute Gasteiger partial charge is 0.385 e. The lowest BCUT2D eigenvalue weighted by molar-refractivity contribution is 0.0565. The van der Waals surface area contributed by atoms with Gasteiger partial charge in [0.2, 0.25) is 0 Å². The highest BCUT2D eigenvalue weighted by atomic mass is 79.9. The molecular weight excluding hydrogens is 385 g/mol. The van der Waals surface area contributed by atoms with E-state index in [4.69, 9.17) is 23.2 Å². The second kappa shape index (κ2) is 6.21. The molecule has 112 valence electrons. The molecule has 0 bridgehead atoms. The number of halogens is 5. The highest BCUT2D eigenvalue weighted by Gasteiger charge is 2.28. The van der Waals surface area contributed by atoms with Crippen LogP contribution in [0.1, 0.15) is 18.1 Å². The van der Waals surface area contributed by atoms with E-state index in [0.717, 1.165) is 6.07 Å². The molecule has 0 amide bonds. The van der Waals surface area contributed by atoms with Crippen molar-refractivity contribution in [3.63, 3.8) is 0 Å². The monoisotopic (exact) mass is 394 g/mol. The third-order valence-electron chi connectivity index (χ3n) is 3.13. The van der Waals surface area contributed by atoms with Crippen LogP contribution in [0.15, 0.2) is 34.8 Å². The lowest BCUT2D eigenvalue weighted by atomic mass is 9.88. The molecule has 1 N–H and O–H groups in total. The van der Waals surface area contributed by atoms with Gasteiger partial charge in [0.1, 0.15) is 11.6 Å². The van der Waals surface area contributed by atoms with E-state index in [-0.39, 0.29) is 22.0 Å². The Labute approximate surface area is 139 Å². The number of hydrogen-bond acceptors (Lipinski definition) is 1. The summed E-state index contributed by atoms with van der Waals surface area (Å²) in [5, 5.41) is 10.6. The maximum atomic E-state index is 13.8. The summed E-state index contributed by atoms with van der Waals surface area (Å²) in [6.07, 6.45) is -0.0565. The summed E-state index contributed by atoms with van der Waals surface area (Å²) >= 11 is 14.9. The van der Waals surface area contributed by atoms with Gasteiger partial charge in [0.15, 0.2) is 0 Å². The molecule has 0 saturated carbocycles. The summed E-state index contributed by atoms with van der Waals surface area (Å²) in [7, 11) is 0. The third-order valence-corrected chi connectivity index (χ3v) is 4.23. The Morgan fingerprint density at radius 2 is 1.76 bits per heavy atom. The topological polar surface area (TPSA) is 20.2 Å². The minimum atomic E-state index is -1.54. The Balaban J connectivity index is 2.42. The summed E-state index contributed by atoms with van der Waals surface area (Å²) in [6.45, 7) is 1.45. The Morgan fingerprint density at radius 1 is 1.10 bits per heavy atom. The van der Waals surface area contributed by atoms with Crippen LogP contribution in [-0.4, -0.2) is 5.11 Å². The van der Waals surface area contributed by atoms with Gasteiger partial charge in [0.05, 0.1) is 10.6 Å². The maximum absolute atomic E-state index is 13.8. The van der Waals surface area contributed by atoms with Gasteiger partial charge in [-0.1, -0.05) is 39.1 Å². The summed E-state index contributed by atoms with van der Waals surface area (Å²) < 4.78 is 28.1. The van der Waals surface area contributed by atoms with E-state index >= 15 is 0 Å². The fourth-order valence-corrected chi connectivity index (χ4v) is 3.08. The number of benzene rings is 2. The standard InChI is InChI=1S/C15H11BrCl2F2O/c1-15(21,7-8-4-9(16)2-3-13(8)19)10-5-14(20)12(18)6-11(10)17/h2-6,21H,7H2,1H3. The molecule has 0 saturated heterocycles. The van der Waals surface area contributed by atoms with Crippen molar-refractivity contribution < 1.29 is 13.9 Å². The number of hydrogen-bond donors (Lipinski definition) is 1. The predicted octanol–water partition coefficient (Wildman–Crippen LogP) is 5.48. The van der Waals surface area contributed by atoms with Crippen LogP contribution in [0.4, 0.5) is 8.78 Å². The molecule has 0 aliphatic rings. The van der Waals surface area contributed by atoms with E-state index < -0.39 is 17.2 Å². The molecule has 0 aromatic heterocycles. The molecule has 2 aromatic carbocycles. The number of rotatable bonds is 3. The molecule has 2 aromatic rings. The van der Waals surface area contributed by atoms with Gasteiger partial charge in [-0.3, -0.25) is 0 Å². The molecule has 0 aliphatic heterocycles. The van der Waals surface area contributed by atoms with Gasteiger partial charge in [-0.15, -0.1) is 0 Å². The van der Waals surface area contributed by atoms with Crippen molar-refractivity contribution in [3.05, 3.63) is 67.6 Å². The molecule has 21 heavy (non-hydrogen) atoms. The molecule has 2 rings (SSSR count). The third kappa shape index (κ3) is 3.75. The molecule has 0 aliphatic carbocycles. The van der Waals surface area contributed by atoms with E-state index in [1.165, 1.54) is 19.1 Å². The van der Waals surface area contributed by atoms with Crippen LogP contribution in [0, 0.1) is 11.6 Å². The highest BCUT2D eigenvalue weighted by molar-refractivity contribution is 9.10. The Hall–Kier alpha value is -0.680. The van der Waals surface area contributed by atoms with E-state index in [1.807, 2.05) is 0 Å². The highest BCUT2D eigenvalue weighted by Crippen LogP contribution is 2.35. The SMILES string of the molecule is CC(O)(Cc1cc(Br)ccc1F)c1cc(F)c(Cl)cc1Cl. The predicted molar refractivity (Wildman–Crippen MR) is 83.8 cm³/mol. The van der Waals surface area contributed by atoms with Crippen molar-refractivity contribution in [1.82, 2.24) is 0 Å². The van der Waals surface area contributed by atoms with Crippen molar-refractivity contribution in [3.8, 4) is 0 Å². The van der Waals surface area contributed by atoms with E-state index in [9.17, 15) is 13.9 Å². The first-order chi connectivity index (χ1) is 9.70. The lowest BCUT2D eigenvalue weighted by Crippen LogP contribution is -2.25. The van der Waals surface area contributed by atoms with Crippen LogP contribution in [0.25, 0.3) is 0 Å². The van der Waals surface area contributed by atoms with E-state index in [2.05, 4.69) is 15.9 Å². The smallest absolute Gasteiger partial charge is 0.142 e. The zero-order valence-electron chi connectivity index (χ0n) is 10.9. The van der Waals surface area contributed by atoms with Gasteiger partial charge in [0.25, 0.3) is 0 Å². The molecule has 1 unspecified atom stereocenters. The van der Waals surface area contributed by atoms with Crippen molar-refractivity contribution in [2.24, 2.45) is 0 Å². The lowest BCUT2D eigenvalue weighted by Gasteiger charge is -2.25. The van der Waals surface area contributed by atoms with Crippen LogP contribution in [-0.2, 0) is 12.0 Å². The van der Waals surface area contributed by atoms with Crippen molar-refractivity contribution in [2.75, 3.05) is 0 Å². The second-order valence-corrected chi connectivity index (χ2v) is 6.66. The first-order valence-electron chi connectivity index (χ1n) is 6.02. The van der Waals surface area contributed by atoms with E-state index in [1.54, 1.807) is 12.1 Å². The van der Waals surface area contributed by atoms with Crippen LogP contribution >= 0.6 is 39.1 Å². The van der Waals surface area contributed by atoms with Crippen LogP contribution in [0.2, 0.25) is 10.0 Å². The first kappa shape index (κ1) is 16.7. The number of aliphatic hydroxyl groups is 1. The summed E-state index contributed by atoms with van der Waals surface area (Å²) in [4.78, 5) is 0. The average molecular weight is 396 g/mol. The van der Waals surface area contributed by atoms with Crippen molar-refractivity contribution in [1.29, 1.82) is 0 Å². The van der Waals surface area contributed by atoms with Gasteiger partial charge in [-0.25, -0.2) is 8.78 Å². The zero-order chi connectivity index (χ0) is 15.8. The van der Waals surface area contributed by atoms with Gasteiger partial charge >= 0.3 is 0 Å². The summed E-state index contributed by atoms with van der Waals surface area (Å²) in [5.74, 6) is -1.14. The molecule has 0 spiro atoms. The fourth-order valence-electron chi connectivity index (χ4n) is 2.08. The molecule has 0 fully saturated rings. The van der Waals surface area contributed by atoms with Crippen LogP contribution in [0.3, 0.4) is 0 Å². The quantitative estimate of drug-likeness (QED) is 0.681. The fraction of sp³-hybridized carbons (Fsp3) is 0.200.